The molecule has 0 aliphatic carbocycles. The van der Waals surface area contributed by atoms with Crippen LogP contribution in [-0.4, -0.2) is 26.2 Å². The number of amides is 1. The molecule has 0 bridgehead atoms. The zero-order valence-corrected chi connectivity index (χ0v) is 20.7. The highest BCUT2D eigenvalue weighted by atomic mass is 31.1. The van der Waals surface area contributed by atoms with Crippen LogP contribution >= 0.6 is 7.92 Å². The number of fused-ring (bicyclic) bond motifs is 3. The van der Waals surface area contributed by atoms with Crippen LogP contribution in [0.3, 0.4) is 0 Å². The molecule has 0 unspecified atom stereocenters. The first-order chi connectivity index (χ1) is 17.1. The van der Waals surface area contributed by atoms with E-state index >= 15 is 0 Å². The Morgan fingerprint density at radius 1 is 0.800 bits per heavy atom. The minimum atomic E-state index is -0.939. The lowest BCUT2D eigenvalue weighted by atomic mass is 9.99. The molecule has 5 nitrogen and oxygen atoms in total. The molecule has 1 aliphatic rings. The Morgan fingerprint density at radius 3 is 2.06 bits per heavy atom. The van der Waals surface area contributed by atoms with E-state index in [1.807, 2.05) is 36.4 Å². The summed E-state index contributed by atoms with van der Waals surface area (Å²) in [4.78, 5) is 12.9. The largest absolute Gasteiger partial charge is 0.497 e. The second-order valence-electron chi connectivity index (χ2n) is 8.16. The van der Waals surface area contributed by atoms with Crippen LogP contribution in [0.15, 0.2) is 91.0 Å². The molecule has 0 fully saturated rings. The lowest BCUT2D eigenvalue weighted by Crippen LogP contribution is -2.33. The number of benzene rings is 4. The average molecular weight is 484 g/mol. The highest BCUT2D eigenvalue weighted by Crippen LogP contribution is 2.48. The number of ether oxygens (including phenoxy) is 3. The Balaban J connectivity index is 1.85. The van der Waals surface area contributed by atoms with Gasteiger partial charge in [0.1, 0.15) is 17.2 Å². The number of nitrogens with one attached hydrogen (secondary N) is 1. The van der Waals surface area contributed by atoms with Crippen molar-refractivity contribution in [3.05, 3.63) is 91.0 Å². The highest BCUT2D eigenvalue weighted by Gasteiger charge is 2.31. The number of rotatable bonds is 5. The minimum absolute atomic E-state index is 0.231. The molecule has 0 saturated carbocycles. The van der Waals surface area contributed by atoms with Crippen LogP contribution < -0.4 is 35.4 Å². The van der Waals surface area contributed by atoms with Crippen LogP contribution in [0.5, 0.6) is 17.2 Å². The van der Waals surface area contributed by atoms with Crippen LogP contribution in [0.25, 0.3) is 11.1 Å². The Morgan fingerprint density at radius 2 is 1.46 bits per heavy atom. The van der Waals surface area contributed by atoms with Crippen LogP contribution in [0, 0.1) is 0 Å². The van der Waals surface area contributed by atoms with Gasteiger partial charge in [-0.3, -0.25) is 4.79 Å². The standard InChI is InChI=1S/C29H26NO4P/c1-19-29(31)30-23-17-20(32-2)18-25(33-3)27(23)28-24(34-19)15-10-16-26(28)35(21-11-6-4-7-12-21)22-13-8-5-9-14-22/h4-19H,1-3H3,(H,30,31)/t19-/m0/s1. The number of carbonyl (C=O) groups is 1. The molecular weight excluding hydrogens is 457 g/mol. The summed E-state index contributed by atoms with van der Waals surface area (Å²) in [5.41, 5.74) is 2.32. The molecule has 1 amide bonds. The molecule has 4 aromatic rings. The van der Waals surface area contributed by atoms with E-state index in [-0.39, 0.29) is 5.91 Å². The Hall–Kier alpha value is -3.82. The van der Waals surface area contributed by atoms with Gasteiger partial charge in [-0.25, -0.2) is 0 Å². The molecular formula is C29H26NO4P. The summed E-state index contributed by atoms with van der Waals surface area (Å²) < 4.78 is 17.6. The molecule has 0 radical (unpaired) electrons. The zero-order chi connectivity index (χ0) is 24.4. The van der Waals surface area contributed by atoms with Crippen LogP contribution in [0.1, 0.15) is 6.92 Å². The third-order valence-corrected chi connectivity index (χ3v) is 8.47. The molecule has 5 rings (SSSR count). The van der Waals surface area contributed by atoms with Gasteiger partial charge in [0, 0.05) is 17.7 Å². The van der Waals surface area contributed by atoms with Crippen LogP contribution in [0.2, 0.25) is 0 Å². The van der Waals surface area contributed by atoms with E-state index in [0.717, 1.165) is 16.4 Å². The molecule has 4 aromatic carbocycles. The van der Waals surface area contributed by atoms with Gasteiger partial charge in [-0.2, -0.15) is 0 Å². The second kappa shape index (κ2) is 9.81. The maximum Gasteiger partial charge on any atom is 0.265 e. The van der Waals surface area contributed by atoms with Gasteiger partial charge < -0.3 is 19.5 Å². The van der Waals surface area contributed by atoms with Gasteiger partial charge in [-0.15, -0.1) is 0 Å². The van der Waals surface area contributed by atoms with Crippen molar-refractivity contribution < 1.29 is 19.0 Å². The Labute approximate surface area is 206 Å². The van der Waals surface area contributed by atoms with Crippen molar-refractivity contribution in [2.24, 2.45) is 0 Å². The number of anilines is 1. The van der Waals surface area contributed by atoms with Crippen molar-refractivity contribution >= 4 is 35.4 Å². The molecule has 176 valence electrons. The van der Waals surface area contributed by atoms with Crippen molar-refractivity contribution in [1.29, 1.82) is 0 Å². The maximum atomic E-state index is 12.9. The molecule has 1 heterocycles. The van der Waals surface area contributed by atoms with E-state index in [4.69, 9.17) is 14.2 Å². The molecule has 1 atom stereocenters. The third-order valence-electron chi connectivity index (χ3n) is 5.99. The first-order valence-corrected chi connectivity index (χ1v) is 12.7. The van der Waals surface area contributed by atoms with Crippen molar-refractivity contribution in [1.82, 2.24) is 0 Å². The van der Waals surface area contributed by atoms with E-state index in [2.05, 4.69) is 59.9 Å². The van der Waals surface area contributed by atoms with Gasteiger partial charge in [0.2, 0.25) is 0 Å². The van der Waals surface area contributed by atoms with Crippen molar-refractivity contribution in [3.63, 3.8) is 0 Å². The SMILES string of the molecule is COc1cc2c(c(OC)c1)-c1c(cccc1P(c1ccccc1)c1ccccc1)O[C@@H](C)C(=O)N2. The zero-order valence-electron chi connectivity index (χ0n) is 19.8. The number of hydrogen-bond acceptors (Lipinski definition) is 4. The van der Waals surface area contributed by atoms with E-state index in [0.29, 0.717) is 22.9 Å². The first-order valence-electron chi connectivity index (χ1n) is 11.4. The van der Waals surface area contributed by atoms with Gasteiger partial charge in [-0.1, -0.05) is 72.8 Å². The fraction of sp³-hybridized carbons (Fsp3) is 0.138. The predicted octanol–water partition coefficient (Wildman–Crippen LogP) is 4.85. The molecule has 0 spiro atoms. The van der Waals surface area contributed by atoms with Gasteiger partial charge in [0.05, 0.1) is 25.5 Å². The van der Waals surface area contributed by atoms with E-state index in [1.54, 1.807) is 21.1 Å². The summed E-state index contributed by atoms with van der Waals surface area (Å²) in [7, 11) is 2.28. The normalized spacial score (nSPS) is 14.6. The number of carbonyl (C=O) groups excluding carboxylic acids is 1. The molecule has 35 heavy (non-hydrogen) atoms. The molecule has 1 aliphatic heterocycles. The summed E-state index contributed by atoms with van der Waals surface area (Å²) in [6, 6.07) is 30.7. The van der Waals surface area contributed by atoms with E-state index in [9.17, 15) is 4.79 Å². The quantitative estimate of drug-likeness (QED) is 0.413. The fourth-order valence-corrected chi connectivity index (χ4v) is 6.82. The monoisotopic (exact) mass is 483 g/mol. The number of hydrogen-bond donors (Lipinski definition) is 1. The van der Waals surface area contributed by atoms with Crippen molar-refractivity contribution in [2.75, 3.05) is 19.5 Å². The average Bonchev–Trinajstić information content (AvgIpc) is 2.89. The topological polar surface area (TPSA) is 56.8 Å². The predicted molar refractivity (Wildman–Crippen MR) is 142 cm³/mol. The van der Waals surface area contributed by atoms with E-state index in [1.165, 1.54) is 10.6 Å². The smallest absolute Gasteiger partial charge is 0.265 e. The summed E-state index contributed by atoms with van der Waals surface area (Å²) >= 11 is 0. The first kappa shape index (κ1) is 22.9. The molecule has 0 saturated heterocycles. The molecule has 1 N–H and O–H groups in total. The third kappa shape index (κ3) is 4.36. The highest BCUT2D eigenvalue weighted by molar-refractivity contribution is 7.80. The molecule has 6 heteroatoms. The maximum absolute atomic E-state index is 12.9. The number of methoxy groups -OCH3 is 2. The lowest BCUT2D eigenvalue weighted by Gasteiger charge is -2.29. The van der Waals surface area contributed by atoms with Crippen molar-refractivity contribution in [2.45, 2.75) is 13.0 Å². The summed E-state index contributed by atoms with van der Waals surface area (Å²) in [5, 5.41) is 6.58. The summed E-state index contributed by atoms with van der Waals surface area (Å²) in [5.74, 6) is 1.62. The Bertz CT molecular complexity index is 1320. The summed E-state index contributed by atoms with van der Waals surface area (Å²) in [6.07, 6.45) is -0.672. The van der Waals surface area contributed by atoms with Crippen LogP contribution in [-0.2, 0) is 4.79 Å². The second-order valence-corrected chi connectivity index (χ2v) is 10.3. The van der Waals surface area contributed by atoms with Crippen LogP contribution in [0.4, 0.5) is 5.69 Å². The van der Waals surface area contributed by atoms with Gasteiger partial charge in [0.25, 0.3) is 5.91 Å². The molecule has 0 aromatic heterocycles. The summed E-state index contributed by atoms with van der Waals surface area (Å²) in [6.45, 7) is 1.76. The Kier molecular flexibility index (Phi) is 6.43. The minimum Gasteiger partial charge on any atom is -0.497 e. The van der Waals surface area contributed by atoms with E-state index < -0.39 is 14.0 Å². The fourth-order valence-electron chi connectivity index (χ4n) is 4.34. The lowest BCUT2D eigenvalue weighted by molar-refractivity contribution is -0.122. The van der Waals surface area contributed by atoms with Crippen molar-refractivity contribution in [3.8, 4) is 28.4 Å². The van der Waals surface area contributed by atoms with Gasteiger partial charge in [-0.05, 0) is 36.8 Å². The van der Waals surface area contributed by atoms with Gasteiger partial charge >= 0.3 is 0 Å². The van der Waals surface area contributed by atoms with Gasteiger partial charge in [0.15, 0.2) is 6.10 Å².